The van der Waals surface area contributed by atoms with Crippen molar-refractivity contribution in [2.75, 3.05) is 20.3 Å². The Bertz CT molecular complexity index is 669. The Labute approximate surface area is 195 Å². The van der Waals surface area contributed by atoms with Crippen LogP contribution in [-0.4, -0.2) is 36.6 Å². The Balaban J connectivity index is 1.70. The van der Waals surface area contributed by atoms with E-state index in [0.29, 0.717) is 6.61 Å². The van der Waals surface area contributed by atoms with Crippen molar-refractivity contribution in [3.05, 3.63) is 71.8 Å². The molecule has 0 amide bonds. The van der Waals surface area contributed by atoms with E-state index in [0.717, 1.165) is 57.8 Å². The van der Waals surface area contributed by atoms with Crippen molar-refractivity contribution in [2.45, 2.75) is 88.6 Å². The molecule has 32 heavy (non-hydrogen) atoms. The fourth-order valence-corrected chi connectivity index (χ4v) is 4.89. The third-order valence-corrected chi connectivity index (χ3v) is 7.10. The van der Waals surface area contributed by atoms with Crippen molar-refractivity contribution in [3.8, 4) is 0 Å². The zero-order valence-corrected chi connectivity index (χ0v) is 20.4. The highest BCUT2D eigenvalue weighted by atomic mass is 16.5. The summed E-state index contributed by atoms with van der Waals surface area (Å²) in [7, 11) is 1.77. The molecule has 0 heterocycles. The molecule has 0 spiro atoms. The molecule has 0 aliphatic rings. The predicted molar refractivity (Wildman–Crippen MR) is 134 cm³/mol. The molecule has 0 bridgehead atoms. The lowest BCUT2D eigenvalue weighted by Crippen LogP contribution is -2.28. The van der Waals surface area contributed by atoms with Crippen LogP contribution >= 0.6 is 0 Å². The number of ether oxygens (including phenoxy) is 1. The van der Waals surface area contributed by atoms with Crippen molar-refractivity contribution in [1.82, 2.24) is 0 Å². The first kappa shape index (κ1) is 26.6. The van der Waals surface area contributed by atoms with Crippen molar-refractivity contribution >= 4 is 0 Å². The first-order chi connectivity index (χ1) is 15.4. The zero-order valence-electron chi connectivity index (χ0n) is 20.4. The molecule has 3 atom stereocenters. The van der Waals surface area contributed by atoms with Crippen LogP contribution in [-0.2, 0) is 15.6 Å². The van der Waals surface area contributed by atoms with Crippen LogP contribution < -0.4 is 0 Å². The summed E-state index contributed by atoms with van der Waals surface area (Å²) in [5, 5.41) is 20.0. The van der Waals surface area contributed by atoms with Crippen molar-refractivity contribution in [2.24, 2.45) is 0 Å². The minimum atomic E-state index is -0.221. The van der Waals surface area contributed by atoms with E-state index in [-0.39, 0.29) is 23.5 Å². The van der Waals surface area contributed by atoms with Crippen LogP contribution in [0.5, 0.6) is 0 Å². The lowest BCUT2D eigenvalue weighted by molar-refractivity contribution is 0.125. The molecule has 0 aliphatic heterocycles. The van der Waals surface area contributed by atoms with Gasteiger partial charge in [0.1, 0.15) is 0 Å². The van der Waals surface area contributed by atoms with E-state index in [1.165, 1.54) is 11.1 Å². The third kappa shape index (κ3) is 8.35. The predicted octanol–water partition coefficient (Wildman–Crippen LogP) is 6.41. The SMILES string of the molecule is COCC(C)(CCCCC(O)CCCCC(C)(CCO)c1ccccc1)c1ccccc1. The first-order valence-electron chi connectivity index (χ1n) is 12.3. The smallest absolute Gasteiger partial charge is 0.0556 e. The molecule has 178 valence electrons. The van der Waals surface area contributed by atoms with Gasteiger partial charge in [0.25, 0.3) is 0 Å². The van der Waals surface area contributed by atoms with Gasteiger partial charge < -0.3 is 14.9 Å². The van der Waals surface area contributed by atoms with Gasteiger partial charge in [0.2, 0.25) is 0 Å². The van der Waals surface area contributed by atoms with Crippen molar-refractivity contribution in [1.29, 1.82) is 0 Å². The number of aliphatic hydroxyl groups excluding tert-OH is 2. The highest BCUT2D eigenvalue weighted by molar-refractivity contribution is 5.25. The van der Waals surface area contributed by atoms with Gasteiger partial charge in [-0.3, -0.25) is 0 Å². The van der Waals surface area contributed by atoms with Crippen LogP contribution in [0.25, 0.3) is 0 Å². The topological polar surface area (TPSA) is 49.7 Å². The summed E-state index contributed by atoms with van der Waals surface area (Å²) in [4.78, 5) is 0. The number of unbranched alkanes of at least 4 members (excludes halogenated alkanes) is 2. The maximum absolute atomic E-state index is 10.5. The molecule has 0 aliphatic carbocycles. The molecule has 2 aromatic rings. The zero-order chi connectivity index (χ0) is 23.3. The third-order valence-electron chi connectivity index (χ3n) is 7.10. The monoisotopic (exact) mass is 440 g/mol. The molecule has 0 fully saturated rings. The molecule has 3 nitrogen and oxygen atoms in total. The maximum atomic E-state index is 10.5. The second-order valence-corrected chi connectivity index (χ2v) is 9.91. The molecule has 2 N–H and O–H groups in total. The lowest BCUT2D eigenvalue weighted by Gasteiger charge is -2.30. The fourth-order valence-electron chi connectivity index (χ4n) is 4.89. The quantitative estimate of drug-likeness (QED) is 0.296. The molecule has 2 aromatic carbocycles. The van der Waals surface area contributed by atoms with Gasteiger partial charge in [0, 0.05) is 19.1 Å². The molecule has 2 rings (SSSR count). The first-order valence-corrected chi connectivity index (χ1v) is 12.3. The van der Waals surface area contributed by atoms with E-state index < -0.39 is 0 Å². The van der Waals surface area contributed by atoms with Crippen LogP contribution in [0.4, 0.5) is 0 Å². The number of hydrogen-bond acceptors (Lipinski definition) is 3. The Hall–Kier alpha value is -1.68. The average molecular weight is 441 g/mol. The Kier molecular flexibility index (Phi) is 11.4. The fraction of sp³-hybridized carbons (Fsp3) is 0.586. The number of methoxy groups -OCH3 is 1. The van der Waals surface area contributed by atoms with Crippen LogP contribution in [0.15, 0.2) is 60.7 Å². The van der Waals surface area contributed by atoms with Crippen LogP contribution in [0.3, 0.4) is 0 Å². The van der Waals surface area contributed by atoms with Gasteiger partial charge in [0.05, 0.1) is 12.7 Å². The van der Waals surface area contributed by atoms with Gasteiger partial charge in [0.15, 0.2) is 0 Å². The van der Waals surface area contributed by atoms with E-state index >= 15 is 0 Å². The van der Waals surface area contributed by atoms with Gasteiger partial charge in [-0.2, -0.15) is 0 Å². The number of rotatable bonds is 16. The van der Waals surface area contributed by atoms with Gasteiger partial charge in [-0.15, -0.1) is 0 Å². The van der Waals surface area contributed by atoms with Gasteiger partial charge in [-0.05, 0) is 48.6 Å². The molecule has 3 unspecified atom stereocenters. The summed E-state index contributed by atoms with van der Waals surface area (Å²) in [5.41, 5.74) is 2.65. The summed E-state index contributed by atoms with van der Waals surface area (Å²) in [6.07, 6.45) is 8.62. The largest absolute Gasteiger partial charge is 0.396 e. The van der Waals surface area contributed by atoms with Gasteiger partial charge in [-0.1, -0.05) is 100 Å². The summed E-state index contributed by atoms with van der Waals surface area (Å²) in [6, 6.07) is 21.1. The normalized spacial score (nSPS) is 16.3. The summed E-state index contributed by atoms with van der Waals surface area (Å²) in [6.45, 7) is 5.45. The molecule has 0 aromatic heterocycles. The Morgan fingerprint density at radius 2 is 1.19 bits per heavy atom. The van der Waals surface area contributed by atoms with Gasteiger partial charge in [-0.25, -0.2) is 0 Å². The van der Waals surface area contributed by atoms with Crippen molar-refractivity contribution < 1.29 is 14.9 Å². The highest BCUT2D eigenvalue weighted by Gasteiger charge is 2.27. The number of aliphatic hydroxyl groups is 2. The minimum Gasteiger partial charge on any atom is -0.396 e. The second kappa shape index (κ2) is 13.8. The summed E-state index contributed by atoms with van der Waals surface area (Å²) < 4.78 is 5.52. The average Bonchev–Trinajstić information content (AvgIpc) is 2.81. The van der Waals surface area contributed by atoms with Crippen molar-refractivity contribution in [3.63, 3.8) is 0 Å². The number of hydrogen-bond donors (Lipinski definition) is 2. The van der Waals surface area contributed by atoms with Crippen LogP contribution in [0.1, 0.15) is 82.8 Å². The second-order valence-electron chi connectivity index (χ2n) is 9.91. The van der Waals surface area contributed by atoms with E-state index in [4.69, 9.17) is 4.74 Å². The van der Waals surface area contributed by atoms with E-state index in [9.17, 15) is 10.2 Å². The summed E-state index contributed by atoms with van der Waals surface area (Å²) >= 11 is 0. The lowest BCUT2D eigenvalue weighted by atomic mass is 9.75. The van der Waals surface area contributed by atoms with Gasteiger partial charge >= 0.3 is 0 Å². The maximum Gasteiger partial charge on any atom is 0.0556 e. The Morgan fingerprint density at radius 1 is 0.719 bits per heavy atom. The molecule has 0 saturated carbocycles. The standard InChI is InChI=1S/C29H44O3/c1-28(22-23-30,25-14-6-4-7-15-25)20-12-10-18-27(31)19-11-13-21-29(2,24-32-3)26-16-8-5-9-17-26/h4-9,14-17,27,30-31H,10-13,18-24H2,1-3H3. The highest BCUT2D eigenvalue weighted by Crippen LogP contribution is 2.33. The molecular formula is C29H44O3. The minimum absolute atomic E-state index is 0.00417. The van der Waals surface area contributed by atoms with E-state index in [1.54, 1.807) is 7.11 Å². The molecular weight excluding hydrogens is 396 g/mol. The Morgan fingerprint density at radius 3 is 1.66 bits per heavy atom. The molecule has 0 radical (unpaired) electrons. The number of benzene rings is 2. The summed E-state index contributed by atoms with van der Waals surface area (Å²) in [5.74, 6) is 0. The molecule has 0 saturated heterocycles. The molecule has 3 heteroatoms. The van der Waals surface area contributed by atoms with E-state index in [1.807, 2.05) is 6.07 Å². The van der Waals surface area contributed by atoms with Crippen LogP contribution in [0, 0.1) is 0 Å². The van der Waals surface area contributed by atoms with Crippen LogP contribution in [0.2, 0.25) is 0 Å². The van der Waals surface area contributed by atoms with E-state index in [2.05, 4.69) is 68.4 Å².